The maximum atomic E-state index is 6.86. The molecule has 1 aliphatic carbocycles. The van der Waals surface area contributed by atoms with Gasteiger partial charge in [-0.05, 0) is 17.4 Å². The third kappa shape index (κ3) is 0.867. The van der Waals surface area contributed by atoms with Gasteiger partial charge in [0.15, 0.2) is 0 Å². The number of nitrogens with one attached hydrogen (secondary N) is 1. The summed E-state index contributed by atoms with van der Waals surface area (Å²) in [5.74, 6) is 0. The van der Waals surface area contributed by atoms with Gasteiger partial charge in [-0.15, -0.1) is 5.10 Å². The van der Waals surface area contributed by atoms with E-state index in [0.717, 1.165) is 5.71 Å². The summed E-state index contributed by atoms with van der Waals surface area (Å²) >= 11 is 0. The molecular weight excluding hydrogens is 140 g/mol. The van der Waals surface area contributed by atoms with Crippen molar-refractivity contribution in [3.05, 3.63) is 23.8 Å². The van der Waals surface area contributed by atoms with Gasteiger partial charge in [-0.1, -0.05) is 11.3 Å². The van der Waals surface area contributed by atoms with Crippen molar-refractivity contribution < 1.29 is 5.26 Å². The molecule has 1 atom stereocenters. The molecular formula is C7H5N4+. The minimum Gasteiger partial charge on any atom is -0.155 e. The van der Waals surface area contributed by atoms with Crippen LogP contribution in [0.3, 0.4) is 0 Å². The van der Waals surface area contributed by atoms with Crippen LogP contribution in [0.4, 0.5) is 0 Å². The molecule has 1 heterocycles. The summed E-state index contributed by atoms with van der Waals surface area (Å²) in [6.45, 7) is 0. The lowest BCUT2D eigenvalue weighted by molar-refractivity contribution is -0.0909. The third-order valence-electron chi connectivity index (χ3n) is 1.55. The van der Waals surface area contributed by atoms with E-state index in [1.807, 2.05) is 6.08 Å². The molecule has 52 valence electrons. The van der Waals surface area contributed by atoms with Crippen molar-refractivity contribution in [2.75, 3.05) is 0 Å². The van der Waals surface area contributed by atoms with E-state index in [1.54, 1.807) is 12.2 Å². The summed E-state index contributed by atoms with van der Waals surface area (Å²) in [5, 5.41) is 18.0. The summed E-state index contributed by atoms with van der Waals surface area (Å²) in [5.41, 5.74) is 1.51. The summed E-state index contributed by atoms with van der Waals surface area (Å²) in [4.78, 5) is 0. The lowest BCUT2D eigenvalue weighted by Crippen LogP contribution is -2.20. The van der Waals surface area contributed by atoms with E-state index in [0.29, 0.717) is 5.57 Å². The van der Waals surface area contributed by atoms with E-state index in [4.69, 9.17) is 5.26 Å². The molecule has 2 rings (SSSR count). The van der Waals surface area contributed by atoms with Crippen molar-refractivity contribution in [3.63, 3.8) is 0 Å². The summed E-state index contributed by atoms with van der Waals surface area (Å²) in [6, 6.07) is 2.26. The second-order valence-corrected chi connectivity index (χ2v) is 2.26. The summed E-state index contributed by atoms with van der Waals surface area (Å²) < 4.78 is 0. The molecule has 2 aliphatic rings. The molecule has 1 aliphatic heterocycles. The Kier molecular flexibility index (Phi) is 1.16. The zero-order chi connectivity index (χ0) is 7.68. The van der Waals surface area contributed by atoms with Crippen molar-refractivity contribution in [3.8, 4) is 6.07 Å². The van der Waals surface area contributed by atoms with Crippen LogP contribution >= 0.6 is 0 Å². The fraction of sp³-hybridized carbons (Fsp3) is 0.143. The Morgan fingerprint density at radius 3 is 3.27 bits per heavy atom. The predicted molar refractivity (Wildman–Crippen MR) is 38.2 cm³/mol. The smallest absolute Gasteiger partial charge is 0.155 e. The van der Waals surface area contributed by atoms with E-state index in [1.165, 1.54) is 0 Å². The van der Waals surface area contributed by atoms with E-state index < -0.39 is 0 Å². The first-order valence-electron chi connectivity index (χ1n) is 3.20. The van der Waals surface area contributed by atoms with Crippen LogP contribution in [-0.4, -0.2) is 11.8 Å². The fourth-order valence-electron chi connectivity index (χ4n) is 0.983. The number of rotatable bonds is 0. The van der Waals surface area contributed by atoms with Crippen molar-refractivity contribution >= 4 is 5.71 Å². The molecule has 0 bridgehead atoms. The van der Waals surface area contributed by atoms with Gasteiger partial charge < -0.3 is 0 Å². The van der Waals surface area contributed by atoms with Gasteiger partial charge in [0.25, 0.3) is 0 Å². The average molecular weight is 145 g/mol. The van der Waals surface area contributed by atoms with Crippen molar-refractivity contribution in [1.29, 1.82) is 0 Å². The Morgan fingerprint density at radius 1 is 1.55 bits per heavy atom. The first-order valence-corrected chi connectivity index (χ1v) is 3.20. The Morgan fingerprint density at radius 2 is 2.45 bits per heavy atom. The van der Waals surface area contributed by atoms with Crippen LogP contribution in [0, 0.1) is 6.07 Å². The first-order chi connectivity index (χ1) is 5.40. The molecule has 0 aromatic heterocycles. The van der Waals surface area contributed by atoms with Crippen LogP contribution in [0.15, 0.2) is 39.2 Å². The number of hydrogen-bond acceptors (Lipinski definition) is 3. The summed E-state index contributed by atoms with van der Waals surface area (Å²) in [7, 11) is 0. The van der Waals surface area contributed by atoms with Gasteiger partial charge in [-0.3, -0.25) is 0 Å². The highest BCUT2D eigenvalue weighted by Gasteiger charge is 2.19. The van der Waals surface area contributed by atoms with Crippen molar-refractivity contribution in [2.45, 2.75) is 6.04 Å². The van der Waals surface area contributed by atoms with Gasteiger partial charge in [0.1, 0.15) is 11.6 Å². The normalized spacial score (nSPS) is 25.5. The molecule has 4 nitrogen and oxygen atoms in total. The predicted octanol–water partition coefficient (Wildman–Crippen LogP) is -0.554. The van der Waals surface area contributed by atoms with Gasteiger partial charge in [0, 0.05) is 0 Å². The number of nitrogens with zero attached hydrogens (tertiary/aromatic N) is 3. The van der Waals surface area contributed by atoms with E-state index in [9.17, 15) is 0 Å². The minimum absolute atomic E-state index is 0.0212. The minimum atomic E-state index is -0.0212. The zero-order valence-electron chi connectivity index (χ0n) is 5.65. The molecule has 0 saturated carbocycles. The Bertz CT molecular complexity index is 340. The Labute approximate surface area is 63.2 Å². The zero-order valence-corrected chi connectivity index (χ0v) is 5.65. The van der Waals surface area contributed by atoms with E-state index in [-0.39, 0.29) is 6.04 Å². The molecule has 0 saturated heterocycles. The molecule has 0 amide bonds. The topological polar surface area (TPSA) is 60.9 Å². The van der Waals surface area contributed by atoms with Crippen molar-refractivity contribution in [2.24, 2.45) is 15.4 Å². The monoisotopic (exact) mass is 145 g/mol. The SMILES string of the molecule is [NH+]#CC1=CC2=NN=NC2C=C1. The Hall–Kier alpha value is -1.76. The lowest BCUT2D eigenvalue weighted by Gasteiger charge is -2.02. The van der Waals surface area contributed by atoms with Crippen LogP contribution in [0.5, 0.6) is 0 Å². The molecule has 1 unspecified atom stereocenters. The highest BCUT2D eigenvalue weighted by molar-refractivity contribution is 6.03. The fourth-order valence-corrected chi connectivity index (χ4v) is 0.983. The highest BCUT2D eigenvalue weighted by Crippen LogP contribution is 2.15. The first kappa shape index (κ1) is 5.98. The standard InChI is InChI=1S/C7H4N4/c8-4-5-1-2-6-7(3-5)10-11-9-6/h1-3,6H/p+1. The van der Waals surface area contributed by atoms with Crippen LogP contribution in [-0.2, 0) is 0 Å². The molecule has 0 spiro atoms. The number of hydrogen-bond donors (Lipinski definition) is 1. The molecule has 0 aromatic rings. The summed E-state index contributed by atoms with van der Waals surface area (Å²) in [6.07, 6.45) is 5.41. The quantitative estimate of drug-likeness (QED) is 0.475. The second-order valence-electron chi connectivity index (χ2n) is 2.26. The molecule has 0 fully saturated rings. The van der Waals surface area contributed by atoms with Crippen LogP contribution in [0.1, 0.15) is 0 Å². The molecule has 0 aromatic carbocycles. The van der Waals surface area contributed by atoms with E-state index in [2.05, 4.69) is 21.5 Å². The van der Waals surface area contributed by atoms with Crippen LogP contribution < -0.4 is 5.26 Å². The Balaban J connectivity index is 2.39. The van der Waals surface area contributed by atoms with Gasteiger partial charge in [0.2, 0.25) is 0 Å². The van der Waals surface area contributed by atoms with Crippen LogP contribution in [0.2, 0.25) is 0 Å². The molecule has 1 N–H and O–H groups in total. The van der Waals surface area contributed by atoms with E-state index >= 15 is 0 Å². The maximum absolute atomic E-state index is 6.86. The molecule has 0 radical (unpaired) electrons. The average Bonchev–Trinajstić information content (AvgIpc) is 2.50. The van der Waals surface area contributed by atoms with Gasteiger partial charge in [0.05, 0.1) is 5.71 Å². The van der Waals surface area contributed by atoms with Gasteiger partial charge >= 0.3 is 6.07 Å². The molecule has 4 heteroatoms. The lowest BCUT2D eigenvalue weighted by atomic mass is 10.0. The third-order valence-corrected chi connectivity index (χ3v) is 1.55. The molecule has 11 heavy (non-hydrogen) atoms. The van der Waals surface area contributed by atoms with Crippen molar-refractivity contribution in [1.82, 2.24) is 0 Å². The van der Waals surface area contributed by atoms with Gasteiger partial charge in [-0.2, -0.15) is 5.11 Å². The second kappa shape index (κ2) is 2.13. The largest absolute Gasteiger partial charge is 0.308 e. The van der Waals surface area contributed by atoms with Crippen LogP contribution in [0.25, 0.3) is 0 Å². The highest BCUT2D eigenvalue weighted by atomic mass is 15.4. The van der Waals surface area contributed by atoms with Gasteiger partial charge in [-0.25, -0.2) is 0 Å². The number of fused-ring (bicyclic) bond motifs is 1. The number of allylic oxidation sites excluding steroid dienone is 2. The maximum Gasteiger partial charge on any atom is 0.308 e.